The van der Waals surface area contributed by atoms with E-state index in [4.69, 9.17) is 0 Å². The fourth-order valence-corrected chi connectivity index (χ4v) is 2.42. The van der Waals surface area contributed by atoms with Gasteiger partial charge in [0.1, 0.15) is 0 Å². The average molecular weight is 262 g/mol. The van der Waals surface area contributed by atoms with Crippen molar-refractivity contribution in [1.82, 2.24) is 10.2 Å². The first-order valence-electron chi connectivity index (χ1n) is 6.59. The van der Waals surface area contributed by atoms with Crippen molar-refractivity contribution in [3.05, 3.63) is 35.9 Å². The van der Waals surface area contributed by atoms with Crippen molar-refractivity contribution in [3.63, 3.8) is 0 Å². The molecule has 1 heterocycles. The van der Waals surface area contributed by atoms with Crippen molar-refractivity contribution in [2.75, 3.05) is 13.1 Å². The van der Waals surface area contributed by atoms with Gasteiger partial charge in [-0.2, -0.15) is 0 Å². The fraction of sp³-hybridized carbons (Fsp3) is 0.462. The van der Waals surface area contributed by atoms with Crippen LogP contribution in [0.15, 0.2) is 30.3 Å². The van der Waals surface area contributed by atoms with Crippen LogP contribution in [0.25, 0.3) is 0 Å². The zero-order valence-corrected chi connectivity index (χ0v) is 10.8. The molecule has 5 nitrogen and oxygen atoms in total. The Hall–Kier alpha value is -1.37. The van der Waals surface area contributed by atoms with E-state index in [0.717, 1.165) is 12.0 Å². The number of hydrogen-bond acceptors (Lipinski definition) is 4. The van der Waals surface area contributed by atoms with E-state index in [2.05, 4.69) is 5.32 Å². The summed E-state index contributed by atoms with van der Waals surface area (Å²) in [4.78, 5) is 13.5. The van der Waals surface area contributed by atoms with Crippen LogP contribution in [0.1, 0.15) is 18.4 Å². The zero-order valence-electron chi connectivity index (χ0n) is 10.8. The first-order chi connectivity index (χ1) is 9.18. The van der Waals surface area contributed by atoms with E-state index in [0.29, 0.717) is 19.5 Å². The maximum Gasteiger partial charge on any atom is 0.475 e. The predicted octanol–water partition coefficient (Wildman–Crippen LogP) is -0.221. The molecule has 102 valence electrons. The van der Waals surface area contributed by atoms with Gasteiger partial charge in [0.15, 0.2) is 0 Å². The molecule has 1 aliphatic rings. The van der Waals surface area contributed by atoms with Crippen LogP contribution in [0.5, 0.6) is 0 Å². The molecule has 0 saturated carbocycles. The number of benzene rings is 1. The molecule has 0 aliphatic carbocycles. The summed E-state index contributed by atoms with van der Waals surface area (Å²) >= 11 is 0. The Morgan fingerprint density at radius 3 is 2.79 bits per heavy atom. The summed E-state index contributed by atoms with van der Waals surface area (Å²) in [6.45, 7) is 1.46. The van der Waals surface area contributed by atoms with E-state index in [1.165, 1.54) is 0 Å². The lowest BCUT2D eigenvalue weighted by atomic mass is 9.78. The summed E-state index contributed by atoms with van der Waals surface area (Å²) in [6.07, 6.45) is 1.48. The van der Waals surface area contributed by atoms with Gasteiger partial charge >= 0.3 is 7.12 Å². The van der Waals surface area contributed by atoms with Gasteiger partial charge in [-0.05, 0) is 18.4 Å². The van der Waals surface area contributed by atoms with Gasteiger partial charge < -0.3 is 20.3 Å². The number of carbonyl (C=O) groups excluding carboxylic acids is 1. The van der Waals surface area contributed by atoms with Gasteiger partial charge in [-0.25, -0.2) is 0 Å². The lowest BCUT2D eigenvalue weighted by Gasteiger charge is -2.24. The van der Waals surface area contributed by atoms with Crippen molar-refractivity contribution in [2.24, 2.45) is 0 Å². The van der Waals surface area contributed by atoms with E-state index in [-0.39, 0.29) is 12.5 Å². The monoisotopic (exact) mass is 262 g/mol. The Kier molecular flexibility index (Phi) is 4.96. The van der Waals surface area contributed by atoms with Crippen molar-refractivity contribution in [2.45, 2.75) is 25.3 Å². The molecule has 1 aromatic rings. The molecular formula is C13H19BN2O3. The minimum Gasteiger partial charge on any atom is -0.426 e. The SMILES string of the molecule is O=C(CNCc1ccccc1)N1CCC[C@H]1B(O)O. The maximum absolute atomic E-state index is 12.0. The molecule has 1 fully saturated rings. The lowest BCUT2D eigenvalue weighted by Crippen LogP contribution is -2.48. The molecule has 0 bridgehead atoms. The van der Waals surface area contributed by atoms with Gasteiger partial charge in [0, 0.05) is 13.1 Å². The average Bonchev–Trinajstić information content (AvgIpc) is 2.89. The number of likely N-dealkylation sites (tertiary alicyclic amines) is 1. The lowest BCUT2D eigenvalue weighted by molar-refractivity contribution is -0.130. The van der Waals surface area contributed by atoms with Crippen LogP contribution >= 0.6 is 0 Å². The highest BCUT2D eigenvalue weighted by molar-refractivity contribution is 6.43. The van der Waals surface area contributed by atoms with Gasteiger partial charge in [0.05, 0.1) is 12.5 Å². The molecule has 6 heteroatoms. The summed E-state index contributed by atoms with van der Waals surface area (Å²) < 4.78 is 0. The summed E-state index contributed by atoms with van der Waals surface area (Å²) in [5, 5.41) is 21.5. The number of nitrogens with one attached hydrogen (secondary N) is 1. The highest BCUT2D eigenvalue weighted by Crippen LogP contribution is 2.17. The van der Waals surface area contributed by atoms with Crippen LogP contribution in [0.3, 0.4) is 0 Å². The van der Waals surface area contributed by atoms with E-state index >= 15 is 0 Å². The van der Waals surface area contributed by atoms with Crippen LogP contribution in [0, 0.1) is 0 Å². The minimum atomic E-state index is -1.44. The Morgan fingerprint density at radius 1 is 1.37 bits per heavy atom. The van der Waals surface area contributed by atoms with Gasteiger partial charge in [0.2, 0.25) is 5.91 Å². The molecule has 0 spiro atoms. The molecule has 3 N–H and O–H groups in total. The third-order valence-electron chi connectivity index (χ3n) is 3.41. The van der Waals surface area contributed by atoms with Crippen molar-refractivity contribution in [1.29, 1.82) is 0 Å². The zero-order chi connectivity index (χ0) is 13.7. The summed E-state index contributed by atoms with van der Waals surface area (Å²) in [5.41, 5.74) is 1.12. The summed E-state index contributed by atoms with van der Waals surface area (Å²) in [6, 6.07) is 9.85. The number of nitrogens with zero attached hydrogens (tertiary/aromatic N) is 1. The molecule has 0 unspecified atom stereocenters. The van der Waals surface area contributed by atoms with Crippen LogP contribution in [0.2, 0.25) is 0 Å². The molecule has 1 atom stereocenters. The van der Waals surface area contributed by atoms with Crippen molar-refractivity contribution >= 4 is 13.0 Å². The first-order valence-corrected chi connectivity index (χ1v) is 6.59. The predicted molar refractivity (Wildman–Crippen MR) is 73.1 cm³/mol. The quantitative estimate of drug-likeness (QED) is 0.641. The second kappa shape index (κ2) is 6.70. The number of rotatable bonds is 5. The third-order valence-corrected chi connectivity index (χ3v) is 3.41. The van der Waals surface area contributed by atoms with E-state index < -0.39 is 13.1 Å². The molecule has 0 aromatic heterocycles. The maximum atomic E-state index is 12.0. The van der Waals surface area contributed by atoms with Crippen LogP contribution in [-0.4, -0.2) is 47.0 Å². The summed E-state index contributed by atoms with van der Waals surface area (Å²) in [7, 11) is -1.44. The molecular weight excluding hydrogens is 243 g/mol. The van der Waals surface area contributed by atoms with Crippen LogP contribution < -0.4 is 5.32 Å². The van der Waals surface area contributed by atoms with Gasteiger partial charge in [0.25, 0.3) is 0 Å². The van der Waals surface area contributed by atoms with Gasteiger partial charge in [-0.15, -0.1) is 0 Å². The van der Waals surface area contributed by atoms with Crippen molar-refractivity contribution in [3.8, 4) is 0 Å². The largest absolute Gasteiger partial charge is 0.475 e. The Morgan fingerprint density at radius 2 is 2.11 bits per heavy atom. The molecule has 1 saturated heterocycles. The second-order valence-corrected chi connectivity index (χ2v) is 4.80. The standard InChI is InChI=1S/C13H19BN2O3/c17-13(16-8-4-7-12(16)14(18)19)10-15-9-11-5-2-1-3-6-11/h1-3,5-6,12,15,18-19H,4,7-10H2/t12-/m0/s1. The topological polar surface area (TPSA) is 72.8 Å². The first kappa shape index (κ1) is 14.1. The Balaban J connectivity index is 1.78. The summed E-state index contributed by atoms with van der Waals surface area (Å²) in [5.74, 6) is -0.530. The molecule has 1 aromatic carbocycles. The highest BCUT2D eigenvalue weighted by Gasteiger charge is 2.36. The normalized spacial score (nSPS) is 18.6. The van der Waals surface area contributed by atoms with Crippen molar-refractivity contribution < 1.29 is 14.8 Å². The van der Waals surface area contributed by atoms with E-state index in [1.54, 1.807) is 4.90 Å². The Bertz CT molecular complexity index is 414. The minimum absolute atomic E-state index is 0.0773. The molecule has 19 heavy (non-hydrogen) atoms. The van der Waals surface area contributed by atoms with E-state index in [1.807, 2.05) is 30.3 Å². The molecule has 1 amide bonds. The fourth-order valence-electron chi connectivity index (χ4n) is 2.42. The van der Waals surface area contributed by atoms with Crippen LogP contribution in [-0.2, 0) is 11.3 Å². The number of hydrogen-bond donors (Lipinski definition) is 3. The van der Waals surface area contributed by atoms with E-state index in [9.17, 15) is 14.8 Å². The van der Waals surface area contributed by atoms with Gasteiger partial charge in [-0.1, -0.05) is 30.3 Å². The molecule has 1 aliphatic heterocycles. The number of carbonyl (C=O) groups is 1. The van der Waals surface area contributed by atoms with Gasteiger partial charge in [-0.3, -0.25) is 4.79 Å². The third kappa shape index (κ3) is 3.80. The highest BCUT2D eigenvalue weighted by atomic mass is 16.4. The van der Waals surface area contributed by atoms with Crippen LogP contribution in [0.4, 0.5) is 0 Å². The number of amides is 1. The smallest absolute Gasteiger partial charge is 0.426 e. The molecule has 2 rings (SSSR count). The Labute approximate surface area is 113 Å². The molecule has 0 radical (unpaired) electrons. The second-order valence-electron chi connectivity index (χ2n) is 4.80.